The van der Waals surface area contributed by atoms with Crippen LogP contribution in [0.15, 0.2) is 59.5 Å². The fraction of sp³-hybridized carbons (Fsp3) is 0.409. The third-order valence-electron chi connectivity index (χ3n) is 5.25. The van der Waals surface area contributed by atoms with Crippen molar-refractivity contribution in [3.63, 3.8) is 0 Å². The molecule has 1 aliphatic heterocycles. The van der Waals surface area contributed by atoms with Crippen molar-refractivity contribution in [2.24, 2.45) is 0 Å². The zero-order chi connectivity index (χ0) is 24.1. The Morgan fingerprint density at radius 3 is 2.09 bits per heavy atom. The van der Waals surface area contributed by atoms with Crippen LogP contribution in [0.2, 0.25) is 0 Å². The van der Waals surface area contributed by atoms with Crippen LogP contribution in [0.1, 0.15) is 13.3 Å². The molecule has 1 aliphatic rings. The number of hydrogen-bond donors (Lipinski definition) is 0. The first-order valence-corrected chi connectivity index (χ1v) is 14.0. The number of carbonyl (C=O) groups excluding carboxylic acids is 1. The van der Waals surface area contributed by atoms with Gasteiger partial charge in [-0.15, -0.1) is 0 Å². The number of hydrogen-bond acceptors (Lipinski definition) is 6. The molecule has 0 radical (unpaired) electrons. The lowest BCUT2D eigenvalue weighted by Gasteiger charge is -2.35. The number of nitrogens with zero attached hydrogens (tertiary/aromatic N) is 3. The van der Waals surface area contributed by atoms with Crippen LogP contribution < -0.4 is 9.04 Å². The molecule has 0 N–H and O–H groups in total. The smallest absolute Gasteiger partial charge is 0.243 e. The predicted octanol–water partition coefficient (Wildman–Crippen LogP) is 1.77. The summed E-state index contributed by atoms with van der Waals surface area (Å²) in [6, 6.07) is 14.7. The largest absolute Gasteiger partial charge is 0.494 e. The number of amides is 1. The SMILES string of the molecule is CCCOc1ccc(N(CC(=O)N2CCN(S(=O)(=O)c3ccccc3)CC2)S(C)(=O)=O)cc1. The first-order chi connectivity index (χ1) is 15.6. The number of sulfonamides is 2. The van der Waals surface area contributed by atoms with Gasteiger partial charge in [-0.3, -0.25) is 9.10 Å². The minimum absolute atomic E-state index is 0.144. The van der Waals surface area contributed by atoms with Crippen LogP contribution in [0, 0.1) is 0 Å². The number of ether oxygens (including phenoxy) is 1. The fourth-order valence-electron chi connectivity index (χ4n) is 3.47. The molecule has 1 saturated heterocycles. The van der Waals surface area contributed by atoms with Crippen molar-refractivity contribution < 1.29 is 26.4 Å². The molecule has 2 aromatic rings. The van der Waals surface area contributed by atoms with Crippen molar-refractivity contribution in [1.29, 1.82) is 0 Å². The van der Waals surface area contributed by atoms with Crippen molar-refractivity contribution in [3.8, 4) is 5.75 Å². The highest BCUT2D eigenvalue weighted by Gasteiger charge is 2.31. The third-order valence-corrected chi connectivity index (χ3v) is 8.30. The standard InChI is InChI=1S/C22H29N3O6S2/c1-3-17-31-20-11-9-19(10-12-20)25(32(2,27)28)18-22(26)23-13-15-24(16-14-23)33(29,30)21-7-5-4-6-8-21/h4-12H,3,13-18H2,1-2H3. The Morgan fingerprint density at radius 2 is 1.55 bits per heavy atom. The molecule has 1 heterocycles. The second-order valence-electron chi connectivity index (χ2n) is 7.71. The lowest BCUT2D eigenvalue weighted by molar-refractivity contribution is -0.130. The van der Waals surface area contributed by atoms with Crippen molar-refractivity contribution >= 4 is 31.6 Å². The highest BCUT2D eigenvalue weighted by atomic mass is 32.2. The molecule has 0 saturated carbocycles. The van der Waals surface area contributed by atoms with Crippen LogP contribution in [0.5, 0.6) is 5.75 Å². The molecule has 1 fully saturated rings. The van der Waals surface area contributed by atoms with Crippen LogP contribution in [-0.4, -0.2) is 77.5 Å². The van der Waals surface area contributed by atoms with E-state index in [4.69, 9.17) is 4.74 Å². The maximum absolute atomic E-state index is 12.9. The summed E-state index contributed by atoms with van der Waals surface area (Å²) in [4.78, 5) is 14.6. The van der Waals surface area contributed by atoms with Gasteiger partial charge in [0, 0.05) is 26.2 Å². The van der Waals surface area contributed by atoms with Gasteiger partial charge in [0.25, 0.3) is 0 Å². The summed E-state index contributed by atoms with van der Waals surface area (Å²) in [5, 5.41) is 0. The van der Waals surface area contributed by atoms with E-state index in [1.807, 2.05) is 6.92 Å². The van der Waals surface area contributed by atoms with E-state index in [1.165, 1.54) is 21.3 Å². The van der Waals surface area contributed by atoms with Crippen molar-refractivity contribution in [2.75, 3.05) is 49.9 Å². The molecule has 11 heteroatoms. The Bertz CT molecular complexity index is 1140. The Hall–Kier alpha value is -2.63. The van der Waals surface area contributed by atoms with Crippen LogP contribution in [-0.2, 0) is 24.8 Å². The summed E-state index contributed by atoms with van der Waals surface area (Å²) in [6.45, 7) is 2.84. The van der Waals surface area contributed by atoms with Gasteiger partial charge >= 0.3 is 0 Å². The molecule has 3 rings (SSSR count). The second-order valence-corrected chi connectivity index (χ2v) is 11.6. The van der Waals surface area contributed by atoms with Gasteiger partial charge in [0.05, 0.1) is 23.4 Å². The number of anilines is 1. The Morgan fingerprint density at radius 1 is 0.939 bits per heavy atom. The zero-order valence-corrected chi connectivity index (χ0v) is 20.4. The topological polar surface area (TPSA) is 104 Å². The lowest BCUT2D eigenvalue weighted by Crippen LogP contribution is -2.53. The van der Waals surface area contributed by atoms with Gasteiger partial charge in [0.2, 0.25) is 26.0 Å². The summed E-state index contributed by atoms with van der Waals surface area (Å²) < 4.78 is 58.2. The maximum Gasteiger partial charge on any atom is 0.243 e. The molecule has 0 bridgehead atoms. The maximum atomic E-state index is 12.9. The Labute approximate surface area is 195 Å². The summed E-state index contributed by atoms with van der Waals surface area (Å²) in [7, 11) is -7.35. The van der Waals surface area contributed by atoms with E-state index in [2.05, 4.69) is 0 Å². The molecule has 0 aromatic heterocycles. The van der Waals surface area contributed by atoms with E-state index >= 15 is 0 Å². The Kier molecular flexibility index (Phi) is 7.98. The Balaban J connectivity index is 1.65. The highest BCUT2D eigenvalue weighted by molar-refractivity contribution is 7.92. The highest BCUT2D eigenvalue weighted by Crippen LogP contribution is 2.23. The molecule has 180 valence electrons. The molecule has 2 aromatic carbocycles. The number of piperazine rings is 1. The summed E-state index contributed by atoms with van der Waals surface area (Å²) in [6.07, 6.45) is 1.90. The first kappa shape index (κ1) is 25.0. The van der Waals surface area contributed by atoms with Crippen LogP contribution in [0.4, 0.5) is 5.69 Å². The van der Waals surface area contributed by atoms with Gasteiger partial charge in [-0.2, -0.15) is 4.31 Å². The van der Waals surface area contributed by atoms with Gasteiger partial charge in [0.15, 0.2) is 0 Å². The number of rotatable bonds is 9. The van der Waals surface area contributed by atoms with Crippen LogP contribution in [0.25, 0.3) is 0 Å². The minimum Gasteiger partial charge on any atom is -0.494 e. The second kappa shape index (κ2) is 10.5. The monoisotopic (exact) mass is 495 g/mol. The molecular weight excluding hydrogens is 466 g/mol. The molecule has 9 nitrogen and oxygen atoms in total. The van der Waals surface area contributed by atoms with Gasteiger partial charge in [0.1, 0.15) is 12.3 Å². The molecule has 1 amide bonds. The predicted molar refractivity (Wildman–Crippen MR) is 126 cm³/mol. The van der Waals surface area contributed by atoms with Crippen molar-refractivity contribution in [3.05, 3.63) is 54.6 Å². The summed E-state index contributed by atoms with van der Waals surface area (Å²) >= 11 is 0. The summed E-state index contributed by atoms with van der Waals surface area (Å²) in [5.41, 5.74) is 0.361. The lowest BCUT2D eigenvalue weighted by atomic mass is 10.3. The van der Waals surface area contributed by atoms with E-state index in [-0.39, 0.29) is 43.5 Å². The third kappa shape index (κ3) is 6.24. The average molecular weight is 496 g/mol. The van der Waals surface area contributed by atoms with E-state index in [0.29, 0.717) is 18.0 Å². The van der Waals surface area contributed by atoms with E-state index in [9.17, 15) is 21.6 Å². The molecular formula is C22H29N3O6S2. The molecule has 0 atom stereocenters. The van der Waals surface area contributed by atoms with Gasteiger partial charge < -0.3 is 9.64 Å². The quantitative estimate of drug-likeness (QED) is 0.525. The van der Waals surface area contributed by atoms with Crippen LogP contribution >= 0.6 is 0 Å². The molecule has 33 heavy (non-hydrogen) atoms. The van der Waals surface area contributed by atoms with Gasteiger partial charge in [-0.25, -0.2) is 16.8 Å². The van der Waals surface area contributed by atoms with Crippen molar-refractivity contribution in [1.82, 2.24) is 9.21 Å². The first-order valence-electron chi connectivity index (χ1n) is 10.7. The molecule has 0 spiro atoms. The van der Waals surface area contributed by atoms with Gasteiger partial charge in [-0.1, -0.05) is 25.1 Å². The summed E-state index contributed by atoms with van der Waals surface area (Å²) in [5.74, 6) is 0.236. The normalized spacial score (nSPS) is 15.3. The molecule has 0 unspecified atom stereocenters. The minimum atomic E-state index is -3.71. The molecule has 0 aliphatic carbocycles. The van der Waals surface area contributed by atoms with E-state index < -0.39 is 20.0 Å². The zero-order valence-electron chi connectivity index (χ0n) is 18.8. The van der Waals surface area contributed by atoms with E-state index in [0.717, 1.165) is 17.0 Å². The number of benzene rings is 2. The average Bonchev–Trinajstić information content (AvgIpc) is 2.81. The fourth-order valence-corrected chi connectivity index (χ4v) is 5.76. The van der Waals surface area contributed by atoms with Crippen LogP contribution in [0.3, 0.4) is 0 Å². The van der Waals surface area contributed by atoms with Crippen molar-refractivity contribution in [2.45, 2.75) is 18.2 Å². The van der Waals surface area contributed by atoms with Gasteiger partial charge in [-0.05, 0) is 42.8 Å². The number of carbonyl (C=O) groups is 1. The van der Waals surface area contributed by atoms with E-state index in [1.54, 1.807) is 42.5 Å².